The average Bonchev–Trinajstić information content (AvgIpc) is 2.53. The van der Waals surface area contributed by atoms with Gasteiger partial charge >= 0.3 is 6.09 Å². The normalized spacial score (nSPS) is 19.7. The Morgan fingerprint density at radius 3 is 2.44 bits per heavy atom. The number of piperazine rings is 1. The van der Waals surface area contributed by atoms with Crippen LogP contribution in [0.2, 0.25) is 0 Å². The zero-order chi connectivity index (χ0) is 18.7. The van der Waals surface area contributed by atoms with Gasteiger partial charge < -0.3 is 14.7 Å². The molecule has 25 heavy (non-hydrogen) atoms. The first-order valence-electron chi connectivity index (χ1n) is 8.24. The molecule has 1 atom stereocenters. The molecule has 1 heterocycles. The number of aliphatic hydroxyl groups is 1. The van der Waals surface area contributed by atoms with Gasteiger partial charge in [0.15, 0.2) is 0 Å². The highest BCUT2D eigenvalue weighted by molar-refractivity contribution is 7.88. The van der Waals surface area contributed by atoms with Gasteiger partial charge in [0, 0.05) is 19.6 Å². The van der Waals surface area contributed by atoms with Gasteiger partial charge in [0.05, 0.1) is 18.4 Å². The minimum Gasteiger partial charge on any atom is -0.444 e. The van der Waals surface area contributed by atoms with Crippen LogP contribution in [0.25, 0.3) is 0 Å². The third-order valence-electron chi connectivity index (χ3n) is 3.84. The van der Waals surface area contributed by atoms with E-state index in [9.17, 15) is 18.3 Å². The van der Waals surface area contributed by atoms with Crippen LogP contribution in [-0.4, -0.2) is 66.7 Å². The third kappa shape index (κ3) is 5.42. The number of sulfonamides is 1. The highest BCUT2D eigenvalue weighted by atomic mass is 32.2. The first-order valence-corrected chi connectivity index (χ1v) is 9.85. The van der Waals surface area contributed by atoms with Crippen molar-refractivity contribution in [2.45, 2.75) is 38.2 Å². The highest BCUT2D eigenvalue weighted by Gasteiger charge is 2.37. The molecule has 8 heteroatoms. The minimum absolute atomic E-state index is 0.111. The van der Waals surface area contributed by atoms with Crippen molar-refractivity contribution in [3.8, 4) is 0 Å². The predicted molar refractivity (Wildman–Crippen MR) is 94.5 cm³/mol. The first kappa shape index (κ1) is 19.7. The lowest BCUT2D eigenvalue weighted by Gasteiger charge is -2.40. The number of rotatable bonds is 4. The fourth-order valence-corrected chi connectivity index (χ4v) is 4.44. The number of ether oxygens (including phenoxy) is 1. The summed E-state index contributed by atoms with van der Waals surface area (Å²) in [6.45, 7) is 5.45. The molecule has 2 rings (SSSR count). The summed E-state index contributed by atoms with van der Waals surface area (Å²) in [4.78, 5) is 13.6. The van der Waals surface area contributed by atoms with Gasteiger partial charge in [0.2, 0.25) is 10.0 Å². The van der Waals surface area contributed by atoms with Crippen molar-refractivity contribution < 1.29 is 23.1 Å². The molecule has 0 aromatic heterocycles. The van der Waals surface area contributed by atoms with Crippen LogP contribution in [0.15, 0.2) is 30.3 Å². The third-order valence-corrected chi connectivity index (χ3v) is 5.73. The Morgan fingerprint density at radius 1 is 1.24 bits per heavy atom. The second-order valence-corrected chi connectivity index (χ2v) is 9.04. The molecule has 0 saturated carbocycles. The molecule has 1 aromatic carbocycles. The van der Waals surface area contributed by atoms with Crippen molar-refractivity contribution >= 4 is 16.1 Å². The maximum Gasteiger partial charge on any atom is 0.410 e. The fraction of sp³-hybridized carbons (Fsp3) is 0.588. The Hall–Kier alpha value is -1.64. The van der Waals surface area contributed by atoms with E-state index in [1.807, 2.05) is 6.07 Å². The number of hydrogen-bond donors (Lipinski definition) is 1. The molecular weight excluding hydrogens is 344 g/mol. The van der Waals surface area contributed by atoms with E-state index in [1.54, 1.807) is 45.0 Å². The van der Waals surface area contributed by atoms with Crippen LogP contribution >= 0.6 is 0 Å². The molecule has 0 spiro atoms. The molecule has 1 fully saturated rings. The van der Waals surface area contributed by atoms with Crippen LogP contribution < -0.4 is 0 Å². The van der Waals surface area contributed by atoms with Crippen molar-refractivity contribution in [3.05, 3.63) is 35.9 Å². The zero-order valence-corrected chi connectivity index (χ0v) is 15.7. The molecular formula is C17H26N2O5S. The van der Waals surface area contributed by atoms with E-state index in [0.29, 0.717) is 5.56 Å². The van der Waals surface area contributed by atoms with E-state index in [2.05, 4.69) is 0 Å². The van der Waals surface area contributed by atoms with Gasteiger partial charge in [-0.1, -0.05) is 30.3 Å². The van der Waals surface area contributed by atoms with Crippen LogP contribution in [0.5, 0.6) is 0 Å². The summed E-state index contributed by atoms with van der Waals surface area (Å²) in [6, 6.07) is 8.23. The predicted octanol–water partition coefficient (Wildman–Crippen LogP) is 1.43. The lowest BCUT2D eigenvalue weighted by atomic mass is 10.2. The van der Waals surface area contributed by atoms with Crippen molar-refractivity contribution in [2.24, 2.45) is 0 Å². The van der Waals surface area contributed by atoms with Crippen LogP contribution in [-0.2, 0) is 20.5 Å². The van der Waals surface area contributed by atoms with Gasteiger partial charge in [-0.05, 0) is 26.3 Å². The molecule has 1 N–H and O–H groups in total. The molecule has 1 saturated heterocycles. The monoisotopic (exact) mass is 370 g/mol. The lowest BCUT2D eigenvalue weighted by Crippen LogP contribution is -2.58. The molecule has 1 aromatic rings. The minimum atomic E-state index is -3.59. The van der Waals surface area contributed by atoms with Gasteiger partial charge in [0.25, 0.3) is 0 Å². The highest BCUT2D eigenvalue weighted by Crippen LogP contribution is 2.20. The molecule has 140 valence electrons. The largest absolute Gasteiger partial charge is 0.444 e. The van der Waals surface area contributed by atoms with Gasteiger partial charge in [-0.25, -0.2) is 13.2 Å². The van der Waals surface area contributed by atoms with Gasteiger partial charge in [-0.2, -0.15) is 4.31 Å². The standard InChI is InChI=1S/C17H26N2O5S/c1-17(2,3)24-16(21)18-9-10-19(15(11-18)12-20)25(22,23)13-14-7-5-4-6-8-14/h4-8,15,20H,9-13H2,1-3H3. The first-order chi connectivity index (χ1) is 11.6. The van der Waals surface area contributed by atoms with E-state index in [1.165, 1.54) is 9.21 Å². The average molecular weight is 370 g/mol. The van der Waals surface area contributed by atoms with Crippen molar-refractivity contribution in [2.75, 3.05) is 26.2 Å². The van der Waals surface area contributed by atoms with Crippen LogP contribution in [0, 0.1) is 0 Å². The molecule has 1 aliphatic rings. The molecule has 0 aliphatic carbocycles. The summed E-state index contributed by atoms with van der Waals surface area (Å²) in [5.41, 5.74) is 0.0660. The van der Waals surface area contributed by atoms with Gasteiger partial charge in [-0.3, -0.25) is 0 Å². The van der Waals surface area contributed by atoms with E-state index in [-0.39, 0.29) is 32.0 Å². The topological polar surface area (TPSA) is 87.2 Å². The van der Waals surface area contributed by atoms with Crippen LogP contribution in [0.1, 0.15) is 26.3 Å². The second-order valence-electron chi connectivity index (χ2n) is 7.12. The maximum absolute atomic E-state index is 12.7. The van der Waals surface area contributed by atoms with E-state index in [4.69, 9.17) is 4.74 Å². The molecule has 0 bridgehead atoms. The smallest absolute Gasteiger partial charge is 0.410 e. The molecule has 1 amide bonds. The number of nitrogens with zero attached hydrogens (tertiary/aromatic N) is 2. The van der Waals surface area contributed by atoms with Crippen molar-refractivity contribution in [3.63, 3.8) is 0 Å². The summed E-state index contributed by atoms with van der Waals surface area (Å²) in [7, 11) is -3.59. The molecule has 1 aliphatic heterocycles. The number of benzene rings is 1. The second kappa shape index (κ2) is 7.72. The van der Waals surface area contributed by atoms with Crippen LogP contribution in [0.3, 0.4) is 0 Å². The number of aliphatic hydroxyl groups excluding tert-OH is 1. The fourth-order valence-electron chi connectivity index (χ4n) is 2.71. The SMILES string of the molecule is CC(C)(C)OC(=O)N1CCN(S(=O)(=O)Cc2ccccc2)C(CO)C1. The Balaban J connectivity index is 2.07. The quantitative estimate of drug-likeness (QED) is 0.866. The summed E-state index contributed by atoms with van der Waals surface area (Å²) >= 11 is 0. The lowest BCUT2D eigenvalue weighted by molar-refractivity contribution is 0.00880. The van der Waals surface area contributed by atoms with Gasteiger partial charge in [-0.15, -0.1) is 0 Å². The summed E-state index contributed by atoms with van der Waals surface area (Å²) in [5, 5.41) is 9.64. The Kier molecular flexibility index (Phi) is 6.08. The number of carbonyl (C=O) groups excluding carboxylic acids is 1. The van der Waals surface area contributed by atoms with Crippen LogP contribution in [0.4, 0.5) is 4.79 Å². The van der Waals surface area contributed by atoms with Crippen molar-refractivity contribution in [1.82, 2.24) is 9.21 Å². The number of amides is 1. The van der Waals surface area contributed by atoms with Crippen molar-refractivity contribution in [1.29, 1.82) is 0 Å². The van der Waals surface area contributed by atoms with E-state index >= 15 is 0 Å². The Morgan fingerprint density at radius 2 is 1.88 bits per heavy atom. The van der Waals surface area contributed by atoms with Gasteiger partial charge in [0.1, 0.15) is 5.60 Å². The van der Waals surface area contributed by atoms with E-state index in [0.717, 1.165) is 0 Å². The Labute approximate surface area is 149 Å². The molecule has 7 nitrogen and oxygen atoms in total. The van der Waals surface area contributed by atoms with E-state index < -0.39 is 27.8 Å². The summed E-state index contributed by atoms with van der Waals surface area (Å²) in [6.07, 6.45) is -0.494. The summed E-state index contributed by atoms with van der Waals surface area (Å²) < 4.78 is 32.0. The molecule has 1 unspecified atom stereocenters. The maximum atomic E-state index is 12.7. The number of hydrogen-bond acceptors (Lipinski definition) is 5. The zero-order valence-electron chi connectivity index (χ0n) is 14.9. The number of carbonyl (C=O) groups is 1. The molecule has 0 radical (unpaired) electrons. The Bertz CT molecular complexity index is 685. The summed E-state index contributed by atoms with van der Waals surface area (Å²) in [5.74, 6) is -0.128.